The van der Waals surface area contributed by atoms with Gasteiger partial charge in [-0.25, -0.2) is 5.84 Å². The number of hydrogen-bond acceptors (Lipinski definition) is 8. The summed E-state index contributed by atoms with van der Waals surface area (Å²) in [4.78, 5) is 8.35. The summed E-state index contributed by atoms with van der Waals surface area (Å²) >= 11 is 0. The van der Waals surface area contributed by atoms with Crippen LogP contribution < -0.4 is 16.6 Å². The summed E-state index contributed by atoms with van der Waals surface area (Å²) in [7, 11) is 0. The van der Waals surface area contributed by atoms with Crippen molar-refractivity contribution in [3.05, 3.63) is 6.20 Å². The lowest BCUT2D eigenvalue weighted by Gasteiger charge is -2.08. The van der Waals surface area contributed by atoms with Crippen molar-refractivity contribution in [3.8, 4) is 0 Å². The van der Waals surface area contributed by atoms with Gasteiger partial charge in [-0.15, -0.1) is 0 Å². The van der Waals surface area contributed by atoms with Crippen LogP contribution in [-0.2, 0) is 4.74 Å². The molecule has 0 bridgehead atoms. The maximum absolute atomic E-state index is 8.57. The first-order valence-corrected chi connectivity index (χ1v) is 5.95. The lowest BCUT2D eigenvalue weighted by Crippen LogP contribution is -2.13. The molecule has 2 aromatic rings. The van der Waals surface area contributed by atoms with Crippen LogP contribution in [0.4, 0.5) is 11.8 Å². The molecule has 0 aliphatic rings. The highest BCUT2D eigenvalue weighted by atomic mass is 16.5. The number of anilines is 2. The average Bonchev–Trinajstić information content (AvgIpc) is 2.90. The van der Waals surface area contributed by atoms with Crippen LogP contribution in [-0.4, -0.2) is 51.6 Å². The first-order chi connectivity index (χ1) is 9.35. The number of aliphatic hydroxyl groups is 1. The second-order valence-electron chi connectivity index (χ2n) is 3.79. The molecule has 0 saturated heterocycles. The molecular formula is C10H17N7O2. The van der Waals surface area contributed by atoms with Crippen LogP contribution in [0, 0.1) is 0 Å². The smallest absolute Gasteiger partial charge is 0.241 e. The number of ether oxygens (including phenoxy) is 1. The van der Waals surface area contributed by atoms with Gasteiger partial charge >= 0.3 is 0 Å². The van der Waals surface area contributed by atoms with Crippen molar-refractivity contribution in [2.75, 3.05) is 37.1 Å². The van der Waals surface area contributed by atoms with E-state index in [-0.39, 0.29) is 6.61 Å². The van der Waals surface area contributed by atoms with E-state index < -0.39 is 0 Å². The van der Waals surface area contributed by atoms with Gasteiger partial charge in [0.15, 0.2) is 5.65 Å². The van der Waals surface area contributed by atoms with Crippen LogP contribution in [0.2, 0.25) is 0 Å². The number of H-pyrrole nitrogens is 1. The van der Waals surface area contributed by atoms with E-state index in [1.165, 1.54) is 0 Å². The van der Waals surface area contributed by atoms with Crippen molar-refractivity contribution >= 4 is 22.8 Å². The second-order valence-corrected chi connectivity index (χ2v) is 3.79. The molecule has 2 heterocycles. The van der Waals surface area contributed by atoms with E-state index in [2.05, 4.69) is 30.9 Å². The molecule has 19 heavy (non-hydrogen) atoms. The van der Waals surface area contributed by atoms with Gasteiger partial charge in [-0.2, -0.15) is 15.1 Å². The van der Waals surface area contributed by atoms with Crippen LogP contribution in [0.25, 0.3) is 11.0 Å². The number of aromatic amines is 1. The zero-order valence-corrected chi connectivity index (χ0v) is 10.4. The molecule has 0 spiro atoms. The number of aliphatic hydroxyl groups excluding tert-OH is 1. The van der Waals surface area contributed by atoms with Crippen molar-refractivity contribution in [2.45, 2.75) is 6.42 Å². The molecule has 0 radical (unpaired) electrons. The Balaban J connectivity index is 1.93. The van der Waals surface area contributed by atoms with Gasteiger partial charge in [0.25, 0.3) is 0 Å². The fourth-order valence-corrected chi connectivity index (χ4v) is 1.58. The molecule has 0 saturated carbocycles. The summed E-state index contributed by atoms with van der Waals surface area (Å²) in [5, 5.41) is 19.2. The normalized spacial score (nSPS) is 10.8. The topological polar surface area (TPSA) is 134 Å². The van der Waals surface area contributed by atoms with Crippen molar-refractivity contribution in [1.82, 2.24) is 20.2 Å². The van der Waals surface area contributed by atoms with E-state index in [0.717, 1.165) is 11.8 Å². The van der Waals surface area contributed by atoms with E-state index in [9.17, 15) is 0 Å². The second kappa shape index (κ2) is 6.83. The van der Waals surface area contributed by atoms with E-state index >= 15 is 0 Å². The van der Waals surface area contributed by atoms with Crippen LogP contribution >= 0.6 is 0 Å². The molecule has 9 heteroatoms. The Morgan fingerprint density at radius 1 is 1.37 bits per heavy atom. The number of hydrogen-bond donors (Lipinski definition) is 5. The Morgan fingerprint density at radius 2 is 2.26 bits per heavy atom. The van der Waals surface area contributed by atoms with Gasteiger partial charge in [0.05, 0.1) is 24.8 Å². The number of hydrazine groups is 1. The molecule has 6 N–H and O–H groups in total. The number of rotatable bonds is 8. The third-order valence-electron chi connectivity index (χ3n) is 2.43. The zero-order chi connectivity index (χ0) is 13.5. The van der Waals surface area contributed by atoms with Crippen LogP contribution in [0.3, 0.4) is 0 Å². The number of nitrogens with zero attached hydrogens (tertiary/aromatic N) is 3. The molecule has 0 aliphatic carbocycles. The maximum atomic E-state index is 8.57. The highest BCUT2D eigenvalue weighted by molar-refractivity contribution is 5.86. The van der Waals surface area contributed by atoms with Crippen LogP contribution in [0.15, 0.2) is 6.20 Å². The van der Waals surface area contributed by atoms with E-state index in [1.54, 1.807) is 6.20 Å². The SMILES string of the molecule is NNc1nc(NCCCOCCO)c2cn[nH]c2n1. The Labute approximate surface area is 109 Å². The molecule has 0 aliphatic heterocycles. The minimum absolute atomic E-state index is 0.0422. The minimum atomic E-state index is 0.0422. The lowest BCUT2D eigenvalue weighted by molar-refractivity contribution is 0.0922. The van der Waals surface area contributed by atoms with Crippen molar-refractivity contribution in [3.63, 3.8) is 0 Å². The predicted octanol–water partition coefficient (Wildman–Crippen LogP) is -0.551. The molecular weight excluding hydrogens is 250 g/mol. The number of nitrogen functional groups attached to an aromatic ring is 1. The number of nitrogens with one attached hydrogen (secondary N) is 3. The number of aromatic nitrogens is 4. The fourth-order valence-electron chi connectivity index (χ4n) is 1.58. The van der Waals surface area contributed by atoms with Crippen molar-refractivity contribution in [1.29, 1.82) is 0 Å². The minimum Gasteiger partial charge on any atom is -0.394 e. The number of nitrogens with two attached hydrogens (primary N) is 1. The third kappa shape index (κ3) is 3.50. The Bertz CT molecular complexity index is 516. The third-order valence-corrected chi connectivity index (χ3v) is 2.43. The van der Waals surface area contributed by atoms with E-state index in [4.69, 9.17) is 15.7 Å². The molecule has 0 atom stereocenters. The van der Waals surface area contributed by atoms with Crippen LogP contribution in [0.1, 0.15) is 6.42 Å². The largest absolute Gasteiger partial charge is 0.394 e. The molecule has 0 amide bonds. The predicted molar refractivity (Wildman–Crippen MR) is 70.5 cm³/mol. The van der Waals surface area contributed by atoms with Crippen molar-refractivity contribution in [2.24, 2.45) is 5.84 Å². The van der Waals surface area contributed by atoms with E-state index in [0.29, 0.717) is 37.2 Å². The van der Waals surface area contributed by atoms with Gasteiger partial charge in [0.2, 0.25) is 5.95 Å². The molecule has 0 aromatic carbocycles. The standard InChI is InChI=1S/C10H17N7O2/c11-16-10-14-8(7-6-13-17-9(7)15-10)12-2-1-4-19-5-3-18/h6,18H,1-5,11H2,(H3,12,13,14,15,16,17). The molecule has 0 unspecified atom stereocenters. The monoisotopic (exact) mass is 267 g/mol. The number of fused-ring (bicyclic) bond motifs is 1. The quantitative estimate of drug-likeness (QED) is 0.244. The van der Waals surface area contributed by atoms with Gasteiger partial charge in [-0.05, 0) is 6.42 Å². The van der Waals surface area contributed by atoms with E-state index in [1.807, 2.05) is 0 Å². The molecule has 2 rings (SSSR count). The summed E-state index contributed by atoms with van der Waals surface area (Å²) in [5.74, 6) is 6.28. The highest BCUT2D eigenvalue weighted by Crippen LogP contribution is 2.19. The summed E-state index contributed by atoms with van der Waals surface area (Å²) in [6.07, 6.45) is 2.45. The van der Waals surface area contributed by atoms with Crippen LogP contribution in [0.5, 0.6) is 0 Å². The molecule has 9 nitrogen and oxygen atoms in total. The maximum Gasteiger partial charge on any atom is 0.241 e. The van der Waals surface area contributed by atoms with Crippen molar-refractivity contribution < 1.29 is 9.84 Å². The van der Waals surface area contributed by atoms with Gasteiger partial charge < -0.3 is 15.2 Å². The molecule has 104 valence electrons. The van der Waals surface area contributed by atoms with Gasteiger partial charge in [-0.1, -0.05) is 0 Å². The molecule has 2 aromatic heterocycles. The summed E-state index contributed by atoms with van der Waals surface area (Å²) in [6.45, 7) is 1.67. The Kier molecular flexibility index (Phi) is 4.84. The summed E-state index contributed by atoms with van der Waals surface area (Å²) in [6, 6.07) is 0. The van der Waals surface area contributed by atoms with Gasteiger partial charge in [0, 0.05) is 13.2 Å². The first kappa shape index (κ1) is 13.5. The Morgan fingerprint density at radius 3 is 3.05 bits per heavy atom. The fraction of sp³-hybridized carbons (Fsp3) is 0.500. The van der Waals surface area contributed by atoms with Gasteiger partial charge in [0.1, 0.15) is 5.82 Å². The lowest BCUT2D eigenvalue weighted by atomic mass is 10.3. The van der Waals surface area contributed by atoms with Gasteiger partial charge in [-0.3, -0.25) is 10.5 Å². The summed E-state index contributed by atoms with van der Waals surface area (Å²) in [5.41, 5.74) is 3.02. The summed E-state index contributed by atoms with van der Waals surface area (Å²) < 4.78 is 5.16. The first-order valence-electron chi connectivity index (χ1n) is 5.95. The molecule has 0 fully saturated rings. The highest BCUT2D eigenvalue weighted by Gasteiger charge is 2.08. The zero-order valence-electron chi connectivity index (χ0n) is 10.4. The Hall–Kier alpha value is -1.97. The average molecular weight is 267 g/mol.